The van der Waals surface area contributed by atoms with Crippen LogP contribution in [0.3, 0.4) is 0 Å². The topological polar surface area (TPSA) is 43.2 Å². The number of rotatable bonds is 5. The maximum Gasteiger partial charge on any atom is 0.157 e. The highest BCUT2D eigenvalue weighted by atomic mass is 16.5. The van der Waals surface area contributed by atoms with Crippen molar-refractivity contribution in [3.8, 4) is 0 Å². The van der Waals surface area contributed by atoms with Crippen LogP contribution in [0, 0.1) is 13.8 Å². The molecule has 1 aliphatic rings. The molecule has 5 nitrogen and oxygen atoms in total. The first-order valence-corrected chi connectivity index (χ1v) is 9.04. The third-order valence-corrected chi connectivity index (χ3v) is 4.69. The van der Waals surface area contributed by atoms with Crippen LogP contribution in [-0.2, 0) is 17.8 Å². The van der Waals surface area contributed by atoms with Crippen LogP contribution in [0.4, 0.5) is 0 Å². The summed E-state index contributed by atoms with van der Waals surface area (Å²) in [6, 6.07) is 17.1. The minimum Gasteiger partial charge on any atom is -0.356 e. The van der Waals surface area contributed by atoms with Crippen molar-refractivity contribution in [2.24, 2.45) is 0 Å². The third-order valence-electron chi connectivity index (χ3n) is 4.69. The highest BCUT2D eigenvalue weighted by molar-refractivity contribution is 5.23. The second kappa shape index (κ2) is 7.40. The lowest BCUT2D eigenvalue weighted by molar-refractivity contribution is 0.0252. The molecule has 0 amide bonds. The highest BCUT2D eigenvalue weighted by Crippen LogP contribution is 2.27. The van der Waals surface area contributed by atoms with Crippen LogP contribution in [-0.4, -0.2) is 33.0 Å². The van der Waals surface area contributed by atoms with Gasteiger partial charge >= 0.3 is 0 Å². The van der Waals surface area contributed by atoms with Crippen molar-refractivity contribution in [2.75, 3.05) is 13.2 Å². The van der Waals surface area contributed by atoms with Crippen LogP contribution in [0.15, 0.2) is 54.7 Å². The zero-order valence-corrected chi connectivity index (χ0v) is 15.3. The van der Waals surface area contributed by atoms with Gasteiger partial charge in [0.1, 0.15) is 5.69 Å². The Morgan fingerprint density at radius 1 is 1.00 bits per heavy atom. The summed E-state index contributed by atoms with van der Waals surface area (Å²) >= 11 is 0. The lowest BCUT2D eigenvalue weighted by Crippen LogP contribution is -2.23. The van der Waals surface area contributed by atoms with Crippen molar-refractivity contribution < 1.29 is 4.74 Å². The molecule has 1 atom stereocenters. The SMILES string of the molecule is Cc1cccc(CN2CCO[C@@H]2c2cn(Cc3cccc(C)c3)nn2)c1. The van der Waals surface area contributed by atoms with Crippen LogP contribution in [0.1, 0.15) is 34.2 Å². The van der Waals surface area contributed by atoms with E-state index in [2.05, 4.69) is 77.6 Å². The van der Waals surface area contributed by atoms with Gasteiger partial charge in [-0.05, 0) is 25.0 Å². The van der Waals surface area contributed by atoms with Crippen LogP contribution in [0.25, 0.3) is 0 Å². The molecule has 0 unspecified atom stereocenters. The maximum absolute atomic E-state index is 5.95. The Kier molecular flexibility index (Phi) is 4.82. The predicted molar refractivity (Wildman–Crippen MR) is 101 cm³/mol. The summed E-state index contributed by atoms with van der Waals surface area (Å²) in [5.74, 6) is 0. The molecule has 0 N–H and O–H groups in total. The van der Waals surface area contributed by atoms with Gasteiger partial charge in [-0.3, -0.25) is 4.90 Å². The lowest BCUT2D eigenvalue weighted by atomic mass is 10.1. The monoisotopic (exact) mass is 348 g/mol. The van der Waals surface area contributed by atoms with Gasteiger partial charge in [-0.25, -0.2) is 4.68 Å². The molecule has 0 radical (unpaired) electrons. The molecule has 2 heterocycles. The molecule has 26 heavy (non-hydrogen) atoms. The van der Waals surface area contributed by atoms with Crippen molar-refractivity contribution in [1.29, 1.82) is 0 Å². The molecule has 3 aromatic rings. The van der Waals surface area contributed by atoms with Gasteiger partial charge in [-0.2, -0.15) is 0 Å². The van der Waals surface area contributed by atoms with E-state index in [-0.39, 0.29) is 6.23 Å². The van der Waals surface area contributed by atoms with E-state index >= 15 is 0 Å². The van der Waals surface area contributed by atoms with Gasteiger partial charge in [0.25, 0.3) is 0 Å². The summed E-state index contributed by atoms with van der Waals surface area (Å²) in [6.07, 6.45) is 1.88. The van der Waals surface area contributed by atoms with Crippen LogP contribution < -0.4 is 0 Å². The predicted octanol–water partition coefficient (Wildman–Crippen LogP) is 3.47. The Labute approximate surface area is 154 Å². The summed E-state index contributed by atoms with van der Waals surface area (Å²) in [5.41, 5.74) is 5.94. The molecular formula is C21H24N4O. The molecule has 1 saturated heterocycles. The van der Waals surface area contributed by atoms with Crippen molar-refractivity contribution in [3.05, 3.63) is 82.7 Å². The van der Waals surface area contributed by atoms with E-state index in [9.17, 15) is 0 Å². The summed E-state index contributed by atoms with van der Waals surface area (Å²) in [5, 5.41) is 8.67. The van der Waals surface area contributed by atoms with Crippen LogP contribution in [0.5, 0.6) is 0 Å². The Morgan fingerprint density at radius 2 is 1.69 bits per heavy atom. The Hall–Kier alpha value is -2.50. The van der Waals surface area contributed by atoms with Crippen molar-refractivity contribution in [1.82, 2.24) is 19.9 Å². The van der Waals surface area contributed by atoms with Gasteiger partial charge in [-0.15, -0.1) is 5.10 Å². The van der Waals surface area contributed by atoms with E-state index in [0.717, 1.165) is 31.9 Å². The average molecular weight is 348 g/mol. The fourth-order valence-electron chi connectivity index (χ4n) is 3.49. The Bertz CT molecular complexity index is 889. The number of hydrogen-bond acceptors (Lipinski definition) is 4. The zero-order chi connectivity index (χ0) is 17.9. The van der Waals surface area contributed by atoms with Gasteiger partial charge < -0.3 is 4.74 Å². The largest absolute Gasteiger partial charge is 0.356 e. The molecule has 4 rings (SSSR count). The van der Waals surface area contributed by atoms with E-state index in [1.54, 1.807) is 0 Å². The minimum absolute atomic E-state index is 0.123. The first kappa shape index (κ1) is 16.9. The second-order valence-electron chi connectivity index (χ2n) is 7.01. The lowest BCUT2D eigenvalue weighted by Gasteiger charge is -2.21. The number of benzene rings is 2. The van der Waals surface area contributed by atoms with Crippen LogP contribution >= 0.6 is 0 Å². The fourth-order valence-corrected chi connectivity index (χ4v) is 3.49. The van der Waals surface area contributed by atoms with Gasteiger partial charge in [0.15, 0.2) is 6.23 Å². The summed E-state index contributed by atoms with van der Waals surface area (Å²) < 4.78 is 7.83. The molecule has 134 valence electrons. The summed E-state index contributed by atoms with van der Waals surface area (Å²) in [6.45, 7) is 7.44. The minimum atomic E-state index is -0.123. The Balaban J connectivity index is 1.47. The van der Waals surface area contributed by atoms with E-state index in [1.807, 2.05) is 10.9 Å². The van der Waals surface area contributed by atoms with Crippen LogP contribution in [0.2, 0.25) is 0 Å². The van der Waals surface area contributed by atoms with E-state index in [4.69, 9.17) is 4.74 Å². The molecule has 1 fully saturated rings. The number of aromatic nitrogens is 3. The number of hydrogen-bond donors (Lipinski definition) is 0. The molecule has 1 aromatic heterocycles. The van der Waals surface area contributed by atoms with Gasteiger partial charge in [0.2, 0.25) is 0 Å². The molecule has 0 bridgehead atoms. The highest BCUT2D eigenvalue weighted by Gasteiger charge is 2.29. The molecule has 5 heteroatoms. The number of nitrogens with zero attached hydrogens (tertiary/aromatic N) is 4. The first-order valence-electron chi connectivity index (χ1n) is 9.04. The van der Waals surface area contributed by atoms with E-state index in [0.29, 0.717) is 0 Å². The first-order chi connectivity index (χ1) is 12.7. The maximum atomic E-state index is 5.95. The summed E-state index contributed by atoms with van der Waals surface area (Å²) in [4.78, 5) is 2.32. The molecule has 1 aliphatic heterocycles. The quantitative estimate of drug-likeness (QED) is 0.708. The third kappa shape index (κ3) is 3.84. The standard InChI is InChI=1S/C21H24N4O/c1-16-5-3-7-18(11-16)13-24-9-10-26-21(24)20-15-25(23-22-20)14-19-8-4-6-17(2)12-19/h3-8,11-12,15,21H,9-10,13-14H2,1-2H3/t21-/m1/s1. The van der Waals surface area contributed by atoms with Gasteiger partial charge in [0.05, 0.1) is 19.3 Å². The average Bonchev–Trinajstić information content (AvgIpc) is 3.24. The molecule has 2 aromatic carbocycles. The van der Waals surface area contributed by atoms with Crippen molar-refractivity contribution in [3.63, 3.8) is 0 Å². The van der Waals surface area contributed by atoms with Crippen molar-refractivity contribution in [2.45, 2.75) is 33.2 Å². The Morgan fingerprint density at radius 3 is 2.38 bits per heavy atom. The summed E-state index contributed by atoms with van der Waals surface area (Å²) in [7, 11) is 0. The van der Waals surface area contributed by atoms with Crippen molar-refractivity contribution >= 4 is 0 Å². The molecular weight excluding hydrogens is 324 g/mol. The van der Waals surface area contributed by atoms with E-state index in [1.165, 1.54) is 22.3 Å². The molecule has 0 aliphatic carbocycles. The second-order valence-corrected chi connectivity index (χ2v) is 7.01. The smallest absolute Gasteiger partial charge is 0.157 e. The molecule has 0 spiro atoms. The van der Waals surface area contributed by atoms with E-state index < -0.39 is 0 Å². The molecule has 0 saturated carbocycles. The zero-order valence-electron chi connectivity index (χ0n) is 15.3. The van der Waals surface area contributed by atoms with Gasteiger partial charge in [-0.1, -0.05) is 64.9 Å². The van der Waals surface area contributed by atoms with Gasteiger partial charge in [0, 0.05) is 13.1 Å². The number of aryl methyl sites for hydroxylation is 2. The number of ether oxygens (including phenoxy) is 1. The normalized spacial score (nSPS) is 17.7. The fraction of sp³-hybridized carbons (Fsp3) is 0.333.